The van der Waals surface area contributed by atoms with E-state index >= 15 is 0 Å². The molecule has 1 fully saturated rings. The predicted molar refractivity (Wildman–Crippen MR) is 75.1 cm³/mol. The van der Waals surface area contributed by atoms with Gasteiger partial charge in [-0.05, 0) is 25.7 Å². The third kappa shape index (κ3) is 3.26. The molecule has 0 atom stereocenters. The number of rotatable bonds is 5. The van der Waals surface area contributed by atoms with Crippen LogP contribution in [0.3, 0.4) is 0 Å². The monoisotopic (exact) mass is 251 g/mol. The maximum absolute atomic E-state index is 11.1. The Labute approximate surface area is 112 Å². The van der Waals surface area contributed by atoms with Gasteiger partial charge in [-0.25, -0.2) is 0 Å². The third-order valence-electron chi connectivity index (χ3n) is 4.64. The summed E-state index contributed by atoms with van der Waals surface area (Å²) in [6.45, 7) is 4.21. The molecule has 1 aliphatic rings. The first-order valence-corrected chi connectivity index (χ1v) is 7.78. The summed E-state index contributed by atoms with van der Waals surface area (Å²) in [6.07, 6.45) is 11.2. The van der Waals surface area contributed by atoms with Gasteiger partial charge in [-0.3, -0.25) is 0 Å². The Balaban J connectivity index is 2.95. The van der Waals surface area contributed by atoms with E-state index in [1.807, 2.05) is 0 Å². The molecule has 1 N–H and O–H groups in total. The minimum absolute atomic E-state index is 0.487. The van der Waals surface area contributed by atoms with Crippen LogP contribution >= 0.6 is 0 Å². The molecule has 2 heteroatoms. The van der Waals surface area contributed by atoms with E-state index in [9.17, 15) is 10.4 Å². The fourth-order valence-electron chi connectivity index (χ4n) is 3.62. The Morgan fingerprint density at radius 1 is 1.00 bits per heavy atom. The van der Waals surface area contributed by atoms with Crippen LogP contribution in [-0.2, 0) is 0 Å². The second-order valence-corrected chi connectivity index (χ2v) is 5.99. The molecule has 0 bridgehead atoms. The first-order chi connectivity index (χ1) is 8.64. The van der Waals surface area contributed by atoms with Crippen LogP contribution in [0.15, 0.2) is 0 Å². The van der Waals surface area contributed by atoms with Crippen molar-refractivity contribution in [2.24, 2.45) is 5.41 Å². The molecule has 104 valence electrons. The normalized spacial score (nSPS) is 20.8. The first-order valence-electron chi connectivity index (χ1n) is 7.78. The van der Waals surface area contributed by atoms with Crippen molar-refractivity contribution in [2.45, 2.75) is 90.1 Å². The molecule has 0 aromatic heterocycles. The molecule has 1 aliphatic carbocycles. The third-order valence-corrected chi connectivity index (χ3v) is 4.64. The summed E-state index contributed by atoms with van der Waals surface area (Å²) in [4.78, 5) is 0. The Kier molecular flexibility index (Phi) is 6.15. The van der Waals surface area contributed by atoms with Crippen LogP contribution in [0.1, 0.15) is 84.5 Å². The molecule has 0 heterocycles. The highest BCUT2D eigenvalue weighted by atomic mass is 16.3. The number of aliphatic hydroxyl groups is 1. The molecule has 18 heavy (non-hydrogen) atoms. The van der Waals surface area contributed by atoms with Gasteiger partial charge in [-0.2, -0.15) is 5.26 Å². The summed E-state index contributed by atoms with van der Waals surface area (Å²) in [7, 11) is 0. The highest BCUT2D eigenvalue weighted by Crippen LogP contribution is 2.47. The van der Waals surface area contributed by atoms with Crippen molar-refractivity contribution < 1.29 is 5.11 Å². The van der Waals surface area contributed by atoms with E-state index in [-0.39, 0.29) is 0 Å². The van der Waals surface area contributed by atoms with Crippen LogP contribution < -0.4 is 0 Å². The lowest BCUT2D eigenvalue weighted by Gasteiger charge is -2.44. The molecular formula is C16H29NO. The number of hydrogen-bond donors (Lipinski definition) is 1. The predicted octanol–water partition coefficient (Wildman–Crippen LogP) is 4.57. The Morgan fingerprint density at radius 2 is 1.44 bits per heavy atom. The zero-order chi connectivity index (χ0) is 13.5. The van der Waals surface area contributed by atoms with Crippen LogP contribution in [0, 0.1) is 16.7 Å². The summed E-state index contributed by atoms with van der Waals surface area (Å²) in [5.74, 6) is 0. The van der Waals surface area contributed by atoms with E-state index in [4.69, 9.17) is 0 Å². The quantitative estimate of drug-likeness (QED) is 0.777. The molecule has 0 spiro atoms. The van der Waals surface area contributed by atoms with E-state index in [1.165, 1.54) is 19.3 Å². The van der Waals surface area contributed by atoms with Crippen LogP contribution in [0.5, 0.6) is 0 Å². The summed E-state index contributed by atoms with van der Waals surface area (Å²) < 4.78 is 0. The van der Waals surface area contributed by atoms with Crippen molar-refractivity contribution in [1.29, 1.82) is 5.26 Å². The number of nitriles is 1. The summed E-state index contributed by atoms with van der Waals surface area (Å²) >= 11 is 0. The molecular weight excluding hydrogens is 222 g/mol. The standard InChI is InChI=1S/C16H29NO/c1-3-10-16(18,11-4-2)15(14-17)12-8-6-5-7-9-13-15/h18H,3-13H2,1-2H3. The topological polar surface area (TPSA) is 44.0 Å². The lowest BCUT2D eigenvalue weighted by Crippen LogP contribution is -2.48. The Morgan fingerprint density at radius 3 is 1.83 bits per heavy atom. The SMILES string of the molecule is CCCC(O)(CCC)C1(C#N)CCCCCCC1. The van der Waals surface area contributed by atoms with Gasteiger partial charge in [0.25, 0.3) is 0 Å². The molecule has 1 rings (SSSR count). The van der Waals surface area contributed by atoms with Crippen molar-refractivity contribution in [3.63, 3.8) is 0 Å². The van der Waals surface area contributed by atoms with E-state index in [0.717, 1.165) is 51.4 Å². The van der Waals surface area contributed by atoms with E-state index < -0.39 is 11.0 Å². The molecule has 0 radical (unpaired) electrons. The van der Waals surface area contributed by atoms with Crippen LogP contribution in [0.25, 0.3) is 0 Å². The second-order valence-electron chi connectivity index (χ2n) is 5.99. The Hall–Kier alpha value is -0.550. The molecule has 0 aromatic rings. The maximum atomic E-state index is 11.1. The molecule has 1 saturated carbocycles. The summed E-state index contributed by atoms with van der Waals surface area (Å²) in [6, 6.07) is 2.55. The van der Waals surface area contributed by atoms with Crippen LogP contribution in [-0.4, -0.2) is 10.7 Å². The lowest BCUT2D eigenvalue weighted by atomic mass is 9.62. The fourth-order valence-corrected chi connectivity index (χ4v) is 3.62. The zero-order valence-electron chi connectivity index (χ0n) is 12.2. The van der Waals surface area contributed by atoms with Crippen molar-refractivity contribution in [3.8, 4) is 6.07 Å². The number of hydrogen-bond acceptors (Lipinski definition) is 2. The van der Waals surface area contributed by atoms with Crippen molar-refractivity contribution >= 4 is 0 Å². The summed E-state index contributed by atoms with van der Waals surface area (Å²) in [5.41, 5.74) is -1.25. The van der Waals surface area contributed by atoms with Crippen molar-refractivity contribution in [3.05, 3.63) is 0 Å². The zero-order valence-corrected chi connectivity index (χ0v) is 12.2. The number of nitrogens with zero attached hydrogens (tertiary/aromatic N) is 1. The fraction of sp³-hybridized carbons (Fsp3) is 0.938. The molecule has 0 amide bonds. The minimum atomic E-state index is -0.761. The highest BCUT2D eigenvalue weighted by molar-refractivity contribution is 5.11. The van der Waals surface area contributed by atoms with Gasteiger partial charge in [0.15, 0.2) is 0 Å². The van der Waals surface area contributed by atoms with Crippen LogP contribution in [0.2, 0.25) is 0 Å². The van der Waals surface area contributed by atoms with E-state index in [2.05, 4.69) is 19.9 Å². The van der Waals surface area contributed by atoms with Gasteiger partial charge in [-0.15, -0.1) is 0 Å². The molecule has 0 unspecified atom stereocenters. The van der Waals surface area contributed by atoms with Gasteiger partial charge in [0.05, 0.1) is 17.1 Å². The van der Waals surface area contributed by atoms with Gasteiger partial charge < -0.3 is 5.11 Å². The van der Waals surface area contributed by atoms with Gasteiger partial charge >= 0.3 is 0 Å². The van der Waals surface area contributed by atoms with Crippen molar-refractivity contribution in [1.82, 2.24) is 0 Å². The minimum Gasteiger partial charge on any atom is -0.388 e. The molecule has 0 saturated heterocycles. The smallest absolute Gasteiger partial charge is 0.0860 e. The van der Waals surface area contributed by atoms with E-state index in [1.54, 1.807) is 0 Å². The second kappa shape index (κ2) is 7.14. The highest BCUT2D eigenvalue weighted by Gasteiger charge is 2.48. The average molecular weight is 251 g/mol. The lowest BCUT2D eigenvalue weighted by molar-refractivity contribution is -0.0812. The maximum Gasteiger partial charge on any atom is 0.0860 e. The van der Waals surface area contributed by atoms with Crippen molar-refractivity contribution in [2.75, 3.05) is 0 Å². The largest absolute Gasteiger partial charge is 0.388 e. The molecule has 0 aliphatic heterocycles. The first kappa shape index (κ1) is 15.5. The summed E-state index contributed by atoms with van der Waals surface area (Å²) in [5, 5.41) is 20.8. The van der Waals surface area contributed by atoms with Crippen LogP contribution in [0.4, 0.5) is 0 Å². The van der Waals surface area contributed by atoms with Gasteiger partial charge in [0.1, 0.15) is 0 Å². The molecule has 0 aromatic carbocycles. The van der Waals surface area contributed by atoms with Gasteiger partial charge in [0, 0.05) is 0 Å². The molecule has 2 nitrogen and oxygen atoms in total. The van der Waals surface area contributed by atoms with Gasteiger partial charge in [-0.1, -0.05) is 58.8 Å². The Bertz CT molecular complexity index is 265. The van der Waals surface area contributed by atoms with Gasteiger partial charge in [0.2, 0.25) is 0 Å². The average Bonchev–Trinajstić information content (AvgIpc) is 2.29. The van der Waals surface area contributed by atoms with E-state index in [0.29, 0.717) is 0 Å².